The Kier molecular flexibility index (Phi) is 7.80. The average molecular weight is 434 g/mol. The number of aliphatic imine (C=N–C) groups is 1. The van der Waals surface area contributed by atoms with Gasteiger partial charge in [0.05, 0.1) is 23.4 Å². The molecule has 0 unspecified atom stereocenters. The molecule has 1 N–H and O–H groups in total. The van der Waals surface area contributed by atoms with Crippen molar-refractivity contribution in [1.29, 1.82) is 0 Å². The molecule has 0 amide bonds. The molecule has 8 heteroatoms. The SMILES string of the molecule is CCc1nc(CNC(=NC)N(C)Cc2cnn(C)c2)cs1.I. The highest BCUT2D eigenvalue weighted by molar-refractivity contribution is 14.0. The Hall–Kier alpha value is -1.16. The highest BCUT2D eigenvalue weighted by Gasteiger charge is 2.08. The number of halogens is 1. The van der Waals surface area contributed by atoms with Crippen molar-refractivity contribution in [2.75, 3.05) is 14.1 Å². The average Bonchev–Trinajstić information content (AvgIpc) is 3.08. The van der Waals surface area contributed by atoms with Crippen LogP contribution in [0.3, 0.4) is 0 Å². The maximum atomic E-state index is 4.55. The summed E-state index contributed by atoms with van der Waals surface area (Å²) in [5.41, 5.74) is 2.22. The van der Waals surface area contributed by atoms with Crippen LogP contribution >= 0.6 is 35.3 Å². The molecule has 2 aromatic rings. The summed E-state index contributed by atoms with van der Waals surface area (Å²) in [6, 6.07) is 0. The van der Waals surface area contributed by atoms with Crippen LogP contribution in [-0.4, -0.2) is 39.7 Å². The van der Waals surface area contributed by atoms with Gasteiger partial charge in [0.25, 0.3) is 0 Å². The Morgan fingerprint density at radius 3 is 2.82 bits per heavy atom. The molecule has 0 spiro atoms. The van der Waals surface area contributed by atoms with Crippen molar-refractivity contribution in [1.82, 2.24) is 25.0 Å². The minimum Gasteiger partial charge on any atom is -0.351 e. The lowest BCUT2D eigenvalue weighted by Crippen LogP contribution is -2.38. The van der Waals surface area contributed by atoms with Crippen LogP contribution in [0.15, 0.2) is 22.8 Å². The van der Waals surface area contributed by atoms with Gasteiger partial charge >= 0.3 is 0 Å². The monoisotopic (exact) mass is 434 g/mol. The summed E-state index contributed by atoms with van der Waals surface area (Å²) in [5.74, 6) is 0.852. The minimum atomic E-state index is 0. The second-order valence-corrected chi connectivity index (χ2v) is 5.81. The van der Waals surface area contributed by atoms with Gasteiger partial charge in [0, 0.05) is 44.8 Å². The number of guanidine groups is 1. The fourth-order valence-electron chi connectivity index (χ4n) is 2.05. The molecule has 0 bridgehead atoms. The maximum absolute atomic E-state index is 4.55. The summed E-state index contributed by atoms with van der Waals surface area (Å²) in [4.78, 5) is 10.9. The predicted octanol–water partition coefficient (Wildman–Crippen LogP) is 2.26. The number of aromatic nitrogens is 3. The molecule has 0 fully saturated rings. The molecule has 2 heterocycles. The van der Waals surface area contributed by atoms with E-state index >= 15 is 0 Å². The molecular weight excluding hydrogens is 411 g/mol. The van der Waals surface area contributed by atoms with Crippen molar-refractivity contribution >= 4 is 41.3 Å². The van der Waals surface area contributed by atoms with Gasteiger partial charge in [0.2, 0.25) is 0 Å². The topological polar surface area (TPSA) is 58.3 Å². The molecule has 0 aliphatic heterocycles. The summed E-state index contributed by atoms with van der Waals surface area (Å²) >= 11 is 1.71. The van der Waals surface area contributed by atoms with Gasteiger partial charge in [0.1, 0.15) is 0 Å². The zero-order valence-electron chi connectivity index (χ0n) is 13.4. The Morgan fingerprint density at radius 2 is 2.27 bits per heavy atom. The van der Waals surface area contributed by atoms with Crippen LogP contribution < -0.4 is 5.32 Å². The van der Waals surface area contributed by atoms with E-state index in [-0.39, 0.29) is 24.0 Å². The normalized spacial score (nSPS) is 11.2. The number of aryl methyl sites for hydroxylation is 2. The lowest BCUT2D eigenvalue weighted by Gasteiger charge is -2.21. The van der Waals surface area contributed by atoms with Crippen LogP contribution in [0, 0.1) is 0 Å². The van der Waals surface area contributed by atoms with Crippen molar-refractivity contribution in [2.24, 2.45) is 12.0 Å². The van der Waals surface area contributed by atoms with E-state index in [1.165, 1.54) is 5.01 Å². The quantitative estimate of drug-likeness (QED) is 0.446. The zero-order valence-corrected chi connectivity index (χ0v) is 16.6. The summed E-state index contributed by atoms with van der Waals surface area (Å²) in [5, 5.41) is 10.8. The van der Waals surface area contributed by atoms with Crippen LogP contribution in [0.2, 0.25) is 0 Å². The number of thiazole rings is 1. The molecule has 6 nitrogen and oxygen atoms in total. The fourth-order valence-corrected chi connectivity index (χ4v) is 2.79. The molecule has 2 rings (SSSR count). The van der Waals surface area contributed by atoms with Gasteiger partial charge in [-0.3, -0.25) is 9.67 Å². The summed E-state index contributed by atoms with van der Waals surface area (Å²) in [6.07, 6.45) is 4.87. The van der Waals surface area contributed by atoms with E-state index in [0.29, 0.717) is 6.54 Å². The minimum absolute atomic E-state index is 0. The predicted molar refractivity (Wildman–Crippen MR) is 102 cm³/mol. The van der Waals surface area contributed by atoms with E-state index in [1.54, 1.807) is 23.1 Å². The Labute approximate surface area is 152 Å². The first-order valence-corrected chi connectivity index (χ1v) is 7.83. The zero-order chi connectivity index (χ0) is 15.2. The highest BCUT2D eigenvalue weighted by Crippen LogP contribution is 2.10. The maximum Gasteiger partial charge on any atom is 0.194 e. The van der Waals surface area contributed by atoms with E-state index < -0.39 is 0 Å². The number of hydrogen-bond donors (Lipinski definition) is 1. The van der Waals surface area contributed by atoms with Crippen LogP contribution in [-0.2, 0) is 26.6 Å². The van der Waals surface area contributed by atoms with E-state index in [4.69, 9.17) is 0 Å². The van der Waals surface area contributed by atoms with Crippen molar-refractivity contribution in [3.8, 4) is 0 Å². The van der Waals surface area contributed by atoms with Crippen molar-refractivity contribution < 1.29 is 0 Å². The lowest BCUT2D eigenvalue weighted by molar-refractivity contribution is 0.476. The third-order valence-electron chi connectivity index (χ3n) is 3.08. The number of rotatable bonds is 5. The Bertz CT molecular complexity index is 606. The highest BCUT2D eigenvalue weighted by atomic mass is 127. The number of hydrogen-bond acceptors (Lipinski definition) is 4. The first-order chi connectivity index (χ1) is 10.1. The van der Waals surface area contributed by atoms with Gasteiger partial charge in [-0.2, -0.15) is 5.10 Å². The molecule has 0 aliphatic carbocycles. The molecule has 122 valence electrons. The Morgan fingerprint density at radius 1 is 1.50 bits per heavy atom. The fraction of sp³-hybridized carbons (Fsp3) is 0.500. The van der Waals surface area contributed by atoms with Crippen LogP contribution in [0.5, 0.6) is 0 Å². The molecule has 0 saturated carbocycles. The first-order valence-electron chi connectivity index (χ1n) is 6.95. The van der Waals surface area contributed by atoms with Crippen LogP contribution in [0.4, 0.5) is 0 Å². The van der Waals surface area contributed by atoms with E-state index in [0.717, 1.165) is 30.2 Å². The summed E-state index contributed by atoms with van der Waals surface area (Å²) < 4.78 is 1.81. The first kappa shape index (κ1) is 18.9. The standard InChI is InChI=1S/C14H22N6S.HI/c1-5-13-18-12(10-21-13)7-16-14(15-2)19(3)8-11-6-17-20(4)9-11;/h6,9-10H,5,7-8H2,1-4H3,(H,15,16);1H. The number of nitrogens with zero attached hydrogens (tertiary/aromatic N) is 5. The van der Waals surface area contributed by atoms with Crippen molar-refractivity contribution in [3.63, 3.8) is 0 Å². The van der Waals surface area contributed by atoms with Crippen LogP contribution in [0.1, 0.15) is 23.2 Å². The third-order valence-corrected chi connectivity index (χ3v) is 4.12. The smallest absolute Gasteiger partial charge is 0.194 e. The third kappa shape index (κ3) is 5.24. The van der Waals surface area contributed by atoms with Gasteiger partial charge in [-0.15, -0.1) is 35.3 Å². The van der Waals surface area contributed by atoms with E-state index in [9.17, 15) is 0 Å². The molecule has 0 saturated heterocycles. The molecule has 0 radical (unpaired) electrons. The molecule has 2 aromatic heterocycles. The van der Waals surface area contributed by atoms with Gasteiger partial charge in [-0.25, -0.2) is 4.98 Å². The number of nitrogens with one attached hydrogen (secondary N) is 1. The molecule has 0 atom stereocenters. The van der Waals surface area contributed by atoms with Gasteiger partial charge in [0.15, 0.2) is 5.96 Å². The summed E-state index contributed by atoms with van der Waals surface area (Å²) in [7, 11) is 5.73. The van der Waals surface area contributed by atoms with Crippen molar-refractivity contribution in [3.05, 3.63) is 34.0 Å². The van der Waals surface area contributed by atoms with Gasteiger partial charge in [-0.1, -0.05) is 6.92 Å². The largest absolute Gasteiger partial charge is 0.351 e. The van der Waals surface area contributed by atoms with Crippen LogP contribution in [0.25, 0.3) is 0 Å². The van der Waals surface area contributed by atoms with Gasteiger partial charge < -0.3 is 10.2 Å². The summed E-state index contributed by atoms with van der Waals surface area (Å²) in [6.45, 7) is 3.59. The lowest BCUT2D eigenvalue weighted by atomic mass is 10.3. The molecule has 0 aliphatic rings. The molecule has 0 aromatic carbocycles. The Balaban J connectivity index is 0.00000242. The van der Waals surface area contributed by atoms with Gasteiger partial charge in [-0.05, 0) is 6.42 Å². The van der Waals surface area contributed by atoms with E-state index in [2.05, 4.69) is 37.6 Å². The van der Waals surface area contributed by atoms with E-state index in [1.807, 2.05) is 26.5 Å². The second-order valence-electron chi connectivity index (χ2n) is 4.87. The molecule has 22 heavy (non-hydrogen) atoms. The molecular formula is C14H23IN6S. The second kappa shape index (κ2) is 9.09. The van der Waals surface area contributed by atoms with Crippen molar-refractivity contribution in [2.45, 2.75) is 26.4 Å².